The van der Waals surface area contributed by atoms with Gasteiger partial charge in [-0.25, -0.2) is 8.42 Å². The van der Waals surface area contributed by atoms with Crippen LogP contribution >= 0.6 is 0 Å². The summed E-state index contributed by atoms with van der Waals surface area (Å²) >= 11 is 0. The summed E-state index contributed by atoms with van der Waals surface area (Å²) in [6.45, 7) is 7.75. The molecule has 1 aromatic carbocycles. The molecule has 1 heterocycles. The molecule has 0 radical (unpaired) electrons. The fourth-order valence-corrected chi connectivity index (χ4v) is 3.19. The molecule has 126 valence electrons. The van der Waals surface area contributed by atoms with Gasteiger partial charge >= 0.3 is 0 Å². The van der Waals surface area contributed by atoms with E-state index in [1.807, 2.05) is 19.9 Å². The fraction of sp³-hybridized carbons (Fsp3) is 0.625. The van der Waals surface area contributed by atoms with Crippen LogP contribution in [0.4, 0.5) is 5.69 Å². The van der Waals surface area contributed by atoms with E-state index < -0.39 is 15.6 Å². The molecular weight excluding hydrogens is 302 g/mol. The molecule has 0 amide bonds. The zero-order chi connectivity index (χ0) is 17.0. The summed E-state index contributed by atoms with van der Waals surface area (Å²) in [5, 5.41) is 9.78. The minimum atomic E-state index is -3.34. The lowest BCUT2D eigenvalue weighted by Gasteiger charge is -2.35. The predicted octanol–water partition coefficient (Wildman–Crippen LogP) is 2.79. The highest BCUT2D eigenvalue weighted by molar-refractivity contribution is 7.92. The average Bonchev–Trinajstić information content (AvgIpc) is 2.44. The lowest BCUT2D eigenvalue weighted by Crippen LogP contribution is -2.43. The first-order valence-electron chi connectivity index (χ1n) is 7.62. The maximum absolute atomic E-state index is 11.9. The largest absolute Gasteiger partial charge is 0.486 e. The van der Waals surface area contributed by atoms with Crippen LogP contribution in [0.25, 0.3) is 0 Å². The number of para-hydroxylation sites is 2. The molecule has 1 unspecified atom stereocenters. The first kappa shape index (κ1) is 18.8. The SMILES string of the molecule is CC.CC(C)(O)CCC1CN(S(C)(=O)=O)c2ccccc2O1. The van der Waals surface area contributed by atoms with E-state index in [1.165, 1.54) is 10.6 Å². The maximum Gasteiger partial charge on any atom is 0.232 e. The first-order valence-corrected chi connectivity index (χ1v) is 9.47. The minimum Gasteiger partial charge on any atom is -0.486 e. The van der Waals surface area contributed by atoms with Crippen molar-refractivity contribution in [1.82, 2.24) is 0 Å². The number of ether oxygens (including phenoxy) is 1. The Labute approximate surface area is 134 Å². The van der Waals surface area contributed by atoms with Crippen LogP contribution in [0, 0.1) is 0 Å². The van der Waals surface area contributed by atoms with E-state index in [0.717, 1.165) is 0 Å². The highest BCUT2D eigenvalue weighted by atomic mass is 32.2. The molecule has 6 heteroatoms. The molecule has 1 aromatic rings. The Hall–Kier alpha value is -1.27. The highest BCUT2D eigenvalue weighted by Crippen LogP contribution is 2.35. The van der Waals surface area contributed by atoms with Gasteiger partial charge in [0.15, 0.2) is 0 Å². The molecule has 0 aliphatic carbocycles. The van der Waals surface area contributed by atoms with Crippen molar-refractivity contribution in [2.45, 2.75) is 52.2 Å². The summed E-state index contributed by atoms with van der Waals surface area (Å²) in [5.41, 5.74) is -0.203. The summed E-state index contributed by atoms with van der Waals surface area (Å²) in [4.78, 5) is 0. The van der Waals surface area contributed by atoms with Crippen LogP contribution in [0.1, 0.15) is 40.5 Å². The second-order valence-corrected chi connectivity index (χ2v) is 7.76. The van der Waals surface area contributed by atoms with Crippen molar-refractivity contribution < 1.29 is 18.3 Å². The molecule has 0 saturated carbocycles. The lowest BCUT2D eigenvalue weighted by molar-refractivity contribution is 0.0534. The Morgan fingerprint density at radius 3 is 2.45 bits per heavy atom. The first-order chi connectivity index (χ1) is 10.2. The Balaban J connectivity index is 0.00000116. The van der Waals surface area contributed by atoms with Crippen LogP contribution in [0.5, 0.6) is 5.75 Å². The fourth-order valence-electron chi connectivity index (χ4n) is 2.24. The number of hydrogen-bond acceptors (Lipinski definition) is 4. The van der Waals surface area contributed by atoms with Crippen molar-refractivity contribution in [3.8, 4) is 5.75 Å². The molecule has 1 aliphatic rings. The summed E-state index contributed by atoms with van der Waals surface area (Å²) < 4.78 is 31.0. The van der Waals surface area contributed by atoms with Gasteiger partial charge in [0.25, 0.3) is 0 Å². The molecule has 5 nitrogen and oxygen atoms in total. The Morgan fingerprint density at radius 1 is 1.32 bits per heavy atom. The molecule has 2 rings (SSSR count). The predicted molar refractivity (Wildman–Crippen MR) is 89.9 cm³/mol. The molecule has 1 atom stereocenters. The number of aliphatic hydroxyl groups is 1. The molecule has 1 N–H and O–H groups in total. The van der Waals surface area contributed by atoms with E-state index in [4.69, 9.17) is 4.74 Å². The molecule has 0 spiro atoms. The van der Waals surface area contributed by atoms with Crippen molar-refractivity contribution >= 4 is 15.7 Å². The van der Waals surface area contributed by atoms with E-state index in [0.29, 0.717) is 24.3 Å². The van der Waals surface area contributed by atoms with Crippen LogP contribution in [-0.4, -0.2) is 38.0 Å². The van der Waals surface area contributed by atoms with E-state index in [-0.39, 0.29) is 12.6 Å². The van der Waals surface area contributed by atoms with Gasteiger partial charge in [-0.3, -0.25) is 4.31 Å². The monoisotopic (exact) mass is 329 g/mol. The Kier molecular flexibility index (Phi) is 6.26. The molecule has 0 fully saturated rings. The third-order valence-corrected chi connectivity index (χ3v) is 4.42. The zero-order valence-electron chi connectivity index (χ0n) is 14.0. The van der Waals surface area contributed by atoms with Crippen molar-refractivity contribution in [3.05, 3.63) is 24.3 Å². The van der Waals surface area contributed by atoms with Crippen molar-refractivity contribution in [2.24, 2.45) is 0 Å². The van der Waals surface area contributed by atoms with Crippen molar-refractivity contribution in [2.75, 3.05) is 17.1 Å². The van der Waals surface area contributed by atoms with E-state index >= 15 is 0 Å². The van der Waals surface area contributed by atoms with Gasteiger partial charge in [-0.1, -0.05) is 26.0 Å². The number of benzene rings is 1. The standard InChI is InChI=1S/C14H21NO4S.C2H6/c1-14(2,16)9-8-11-10-15(20(3,17)18)12-6-4-5-7-13(12)19-11;1-2/h4-7,11,16H,8-10H2,1-3H3;1-2H3. The van der Waals surface area contributed by atoms with Gasteiger partial charge in [0.05, 0.1) is 24.1 Å². The van der Waals surface area contributed by atoms with Gasteiger partial charge in [0.1, 0.15) is 11.9 Å². The summed E-state index contributed by atoms with van der Waals surface area (Å²) in [6.07, 6.45) is 2.11. The minimum absolute atomic E-state index is 0.244. The Morgan fingerprint density at radius 2 is 1.91 bits per heavy atom. The lowest BCUT2D eigenvalue weighted by atomic mass is 10.00. The Bertz CT molecular complexity index is 578. The van der Waals surface area contributed by atoms with Gasteiger partial charge < -0.3 is 9.84 Å². The van der Waals surface area contributed by atoms with Gasteiger partial charge in [-0.2, -0.15) is 0 Å². The van der Waals surface area contributed by atoms with Gasteiger partial charge in [-0.05, 0) is 38.8 Å². The smallest absolute Gasteiger partial charge is 0.232 e. The van der Waals surface area contributed by atoms with Crippen LogP contribution < -0.4 is 9.04 Å². The third kappa shape index (κ3) is 5.18. The van der Waals surface area contributed by atoms with Crippen LogP contribution in [0.15, 0.2) is 24.3 Å². The van der Waals surface area contributed by atoms with Crippen LogP contribution in [0.2, 0.25) is 0 Å². The van der Waals surface area contributed by atoms with E-state index in [9.17, 15) is 13.5 Å². The summed E-state index contributed by atoms with van der Waals surface area (Å²) in [5.74, 6) is 0.574. The summed E-state index contributed by atoms with van der Waals surface area (Å²) in [7, 11) is -3.34. The summed E-state index contributed by atoms with van der Waals surface area (Å²) in [6, 6.07) is 7.11. The van der Waals surface area contributed by atoms with Crippen LogP contribution in [-0.2, 0) is 10.0 Å². The average molecular weight is 329 g/mol. The number of hydrogen-bond donors (Lipinski definition) is 1. The van der Waals surface area contributed by atoms with Gasteiger partial charge in [0, 0.05) is 0 Å². The quantitative estimate of drug-likeness (QED) is 0.922. The number of sulfonamides is 1. The number of nitrogens with zero attached hydrogens (tertiary/aromatic N) is 1. The second kappa shape index (κ2) is 7.33. The van der Waals surface area contributed by atoms with Crippen molar-refractivity contribution in [3.63, 3.8) is 0 Å². The molecule has 22 heavy (non-hydrogen) atoms. The van der Waals surface area contributed by atoms with E-state index in [2.05, 4.69) is 0 Å². The number of fused-ring (bicyclic) bond motifs is 1. The van der Waals surface area contributed by atoms with E-state index in [1.54, 1.807) is 32.0 Å². The number of rotatable bonds is 4. The molecule has 1 aliphatic heterocycles. The molecular formula is C16H27NO4S. The second-order valence-electron chi connectivity index (χ2n) is 5.85. The third-order valence-electron chi connectivity index (χ3n) is 3.28. The molecule has 0 bridgehead atoms. The zero-order valence-corrected chi connectivity index (χ0v) is 14.9. The topological polar surface area (TPSA) is 66.8 Å². The number of anilines is 1. The normalized spacial score (nSPS) is 17.9. The highest BCUT2D eigenvalue weighted by Gasteiger charge is 2.31. The van der Waals surface area contributed by atoms with Gasteiger partial charge in [0.2, 0.25) is 10.0 Å². The van der Waals surface area contributed by atoms with Gasteiger partial charge in [-0.15, -0.1) is 0 Å². The maximum atomic E-state index is 11.9. The van der Waals surface area contributed by atoms with Crippen LogP contribution in [0.3, 0.4) is 0 Å². The molecule has 0 saturated heterocycles. The molecule has 0 aromatic heterocycles. The van der Waals surface area contributed by atoms with Crippen molar-refractivity contribution in [1.29, 1.82) is 0 Å².